The highest BCUT2D eigenvalue weighted by molar-refractivity contribution is 5.80. The summed E-state index contributed by atoms with van der Waals surface area (Å²) in [5.41, 5.74) is 6.30. The number of benzene rings is 1. The van der Waals surface area contributed by atoms with Crippen LogP contribution in [-0.2, 0) is 9.59 Å². The molecule has 0 heterocycles. The van der Waals surface area contributed by atoms with Gasteiger partial charge in [-0.15, -0.1) is 0 Å². The fraction of sp³-hybridized carbons (Fsp3) is 0.529. The summed E-state index contributed by atoms with van der Waals surface area (Å²) in [5.74, 6) is 0.00278. The first-order chi connectivity index (χ1) is 10.6. The van der Waals surface area contributed by atoms with Gasteiger partial charge in [-0.05, 0) is 31.4 Å². The van der Waals surface area contributed by atoms with Gasteiger partial charge in [-0.2, -0.15) is 0 Å². The summed E-state index contributed by atoms with van der Waals surface area (Å²) in [6.07, 6.45) is 4.75. The van der Waals surface area contributed by atoms with Crippen LogP contribution in [0.2, 0.25) is 0 Å². The molecular weight excluding hydrogens is 278 g/mol. The Balaban J connectivity index is 2.00. The van der Waals surface area contributed by atoms with Crippen molar-refractivity contribution in [3.05, 3.63) is 35.9 Å². The van der Waals surface area contributed by atoms with Gasteiger partial charge >= 0.3 is 0 Å². The molecule has 5 heteroatoms. The van der Waals surface area contributed by atoms with E-state index in [1.807, 2.05) is 18.2 Å². The van der Waals surface area contributed by atoms with Crippen molar-refractivity contribution in [3.63, 3.8) is 0 Å². The van der Waals surface area contributed by atoms with E-state index in [0.717, 1.165) is 18.4 Å². The maximum absolute atomic E-state index is 12.3. The minimum atomic E-state index is -0.425. The normalized spacial score (nSPS) is 16.6. The van der Waals surface area contributed by atoms with E-state index >= 15 is 0 Å². The number of amides is 2. The van der Waals surface area contributed by atoms with E-state index in [1.165, 1.54) is 12.8 Å². The summed E-state index contributed by atoms with van der Waals surface area (Å²) < 4.78 is 0. The zero-order valence-corrected chi connectivity index (χ0v) is 13.1. The van der Waals surface area contributed by atoms with Crippen molar-refractivity contribution >= 4 is 11.8 Å². The standard InChI is InChI=1S/C17H25N3O2/c1-20(11-15(18)21)12-16(22)19-17(14-9-5-6-10-14)13-7-3-2-4-8-13/h2-4,7-8,14,17H,5-6,9-12H2,1H3,(H2,18,21)(H,19,22). The number of nitrogens with one attached hydrogen (secondary N) is 1. The fourth-order valence-corrected chi connectivity index (χ4v) is 3.21. The van der Waals surface area contributed by atoms with Crippen LogP contribution >= 0.6 is 0 Å². The van der Waals surface area contributed by atoms with Gasteiger partial charge in [-0.1, -0.05) is 43.2 Å². The molecule has 1 fully saturated rings. The van der Waals surface area contributed by atoms with Crippen molar-refractivity contribution in [1.29, 1.82) is 0 Å². The Labute approximate surface area is 131 Å². The van der Waals surface area contributed by atoms with Gasteiger partial charge in [-0.25, -0.2) is 0 Å². The predicted molar refractivity (Wildman–Crippen MR) is 86.0 cm³/mol. The molecule has 2 rings (SSSR count). The average Bonchev–Trinajstić information content (AvgIpc) is 2.98. The van der Waals surface area contributed by atoms with Crippen molar-refractivity contribution < 1.29 is 9.59 Å². The number of rotatable bonds is 7. The highest BCUT2D eigenvalue weighted by Crippen LogP contribution is 2.35. The smallest absolute Gasteiger partial charge is 0.234 e. The first-order valence-electron chi connectivity index (χ1n) is 7.87. The minimum absolute atomic E-state index is 0.0539. The molecule has 1 aromatic carbocycles. The van der Waals surface area contributed by atoms with Gasteiger partial charge < -0.3 is 11.1 Å². The minimum Gasteiger partial charge on any atom is -0.369 e. The maximum Gasteiger partial charge on any atom is 0.234 e. The third-order valence-corrected chi connectivity index (χ3v) is 4.19. The van der Waals surface area contributed by atoms with Crippen LogP contribution in [0.4, 0.5) is 0 Å². The van der Waals surface area contributed by atoms with Crippen molar-refractivity contribution in [2.24, 2.45) is 11.7 Å². The number of nitrogens with two attached hydrogens (primary N) is 1. The SMILES string of the molecule is CN(CC(N)=O)CC(=O)NC(c1ccccc1)C1CCCC1. The van der Waals surface area contributed by atoms with E-state index in [1.54, 1.807) is 11.9 Å². The molecule has 1 unspecified atom stereocenters. The second-order valence-corrected chi connectivity index (χ2v) is 6.14. The summed E-state index contributed by atoms with van der Waals surface area (Å²) in [5, 5.41) is 3.15. The van der Waals surface area contributed by atoms with Crippen LogP contribution in [0.25, 0.3) is 0 Å². The molecule has 1 aliphatic carbocycles. The molecule has 22 heavy (non-hydrogen) atoms. The second-order valence-electron chi connectivity index (χ2n) is 6.14. The second kappa shape index (κ2) is 7.94. The van der Waals surface area contributed by atoms with Crippen LogP contribution < -0.4 is 11.1 Å². The van der Waals surface area contributed by atoms with Crippen LogP contribution in [0.5, 0.6) is 0 Å². The zero-order chi connectivity index (χ0) is 15.9. The van der Waals surface area contributed by atoms with Crippen molar-refractivity contribution in [2.45, 2.75) is 31.7 Å². The van der Waals surface area contributed by atoms with E-state index in [9.17, 15) is 9.59 Å². The molecular formula is C17H25N3O2. The molecule has 120 valence electrons. The van der Waals surface area contributed by atoms with Gasteiger partial charge in [0.15, 0.2) is 0 Å². The third kappa shape index (κ3) is 4.84. The van der Waals surface area contributed by atoms with Gasteiger partial charge in [0.2, 0.25) is 11.8 Å². The molecule has 1 saturated carbocycles. The number of hydrogen-bond acceptors (Lipinski definition) is 3. The van der Waals surface area contributed by atoms with Crippen LogP contribution in [0.1, 0.15) is 37.3 Å². The molecule has 0 aromatic heterocycles. The van der Waals surface area contributed by atoms with Crippen molar-refractivity contribution in [1.82, 2.24) is 10.2 Å². The van der Waals surface area contributed by atoms with Crippen molar-refractivity contribution in [2.75, 3.05) is 20.1 Å². The summed E-state index contributed by atoms with van der Waals surface area (Å²) in [6.45, 7) is 0.270. The number of nitrogens with zero attached hydrogens (tertiary/aromatic N) is 1. The van der Waals surface area contributed by atoms with Gasteiger partial charge in [0.1, 0.15) is 0 Å². The quantitative estimate of drug-likeness (QED) is 0.800. The first kappa shape index (κ1) is 16.5. The van der Waals surface area contributed by atoms with Gasteiger partial charge in [-0.3, -0.25) is 14.5 Å². The number of primary amides is 1. The molecule has 2 amide bonds. The third-order valence-electron chi connectivity index (χ3n) is 4.19. The maximum atomic E-state index is 12.3. The predicted octanol–water partition coefficient (Wildman–Crippen LogP) is 1.45. The molecule has 1 aromatic rings. The monoisotopic (exact) mass is 303 g/mol. The lowest BCUT2D eigenvalue weighted by Gasteiger charge is -2.26. The molecule has 0 saturated heterocycles. The molecule has 0 aliphatic heterocycles. The topological polar surface area (TPSA) is 75.4 Å². The Morgan fingerprint density at radius 1 is 1.23 bits per heavy atom. The molecule has 5 nitrogen and oxygen atoms in total. The molecule has 1 aliphatic rings. The zero-order valence-electron chi connectivity index (χ0n) is 13.1. The molecule has 0 spiro atoms. The lowest BCUT2D eigenvalue weighted by Crippen LogP contribution is -2.41. The Hall–Kier alpha value is -1.88. The molecule has 0 radical (unpaired) electrons. The van der Waals surface area contributed by atoms with Crippen LogP contribution in [0, 0.1) is 5.92 Å². The van der Waals surface area contributed by atoms with E-state index < -0.39 is 5.91 Å². The van der Waals surface area contributed by atoms with E-state index in [-0.39, 0.29) is 25.0 Å². The highest BCUT2D eigenvalue weighted by atomic mass is 16.2. The summed E-state index contributed by atoms with van der Waals surface area (Å²) in [4.78, 5) is 24.8. The van der Waals surface area contributed by atoms with Crippen molar-refractivity contribution in [3.8, 4) is 0 Å². The Morgan fingerprint density at radius 3 is 2.45 bits per heavy atom. The van der Waals surface area contributed by atoms with E-state index in [0.29, 0.717) is 5.92 Å². The van der Waals surface area contributed by atoms with Gasteiger partial charge in [0.25, 0.3) is 0 Å². The number of carbonyl (C=O) groups excluding carboxylic acids is 2. The van der Waals surface area contributed by atoms with Crippen LogP contribution in [0.15, 0.2) is 30.3 Å². The van der Waals surface area contributed by atoms with Crippen LogP contribution in [0.3, 0.4) is 0 Å². The summed E-state index contributed by atoms with van der Waals surface area (Å²) in [7, 11) is 1.72. The largest absolute Gasteiger partial charge is 0.369 e. The van der Waals surface area contributed by atoms with E-state index in [2.05, 4.69) is 17.4 Å². The molecule has 3 N–H and O–H groups in total. The number of hydrogen-bond donors (Lipinski definition) is 2. The first-order valence-corrected chi connectivity index (χ1v) is 7.87. The lowest BCUT2D eigenvalue weighted by molar-refractivity contribution is -0.124. The highest BCUT2D eigenvalue weighted by Gasteiger charge is 2.27. The Kier molecular flexibility index (Phi) is 5.95. The summed E-state index contributed by atoms with van der Waals surface area (Å²) in [6, 6.07) is 10.2. The van der Waals surface area contributed by atoms with Gasteiger partial charge in [0, 0.05) is 0 Å². The summed E-state index contributed by atoms with van der Waals surface area (Å²) >= 11 is 0. The number of carbonyl (C=O) groups is 2. The fourth-order valence-electron chi connectivity index (χ4n) is 3.21. The van der Waals surface area contributed by atoms with Gasteiger partial charge in [0.05, 0.1) is 19.1 Å². The molecule has 1 atom stereocenters. The van der Waals surface area contributed by atoms with E-state index in [4.69, 9.17) is 5.73 Å². The Morgan fingerprint density at radius 2 is 1.86 bits per heavy atom. The van der Waals surface area contributed by atoms with Crippen LogP contribution in [-0.4, -0.2) is 36.9 Å². The number of likely N-dealkylation sites (N-methyl/N-ethyl adjacent to an activating group) is 1. The Bertz CT molecular complexity index is 498. The average molecular weight is 303 g/mol. The lowest BCUT2D eigenvalue weighted by atomic mass is 9.91. The molecule has 0 bridgehead atoms.